The maximum Gasteiger partial charge on any atom is 0.218 e. The number of aromatic nitrogens is 2. The molecule has 6 heteroatoms. The molecule has 1 aromatic rings. The van der Waals surface area contributed by atoms with Crippen molar-refractivity contribution in [1.82, 2.24) is 9.97 Å². The monoisotopic (exact) mass is 254 g/mol. The molecule has 0 fully saturated rings. The standard InChI is InChI=1S/C12H22N4O2/c1-9(2)18-12-6-11(14-8-15-12)16-10(4-5-13)7-17-3/h6,8-10H,4-5,7,13H2,1-3H3,(H,14,15,16). The van der Waals surface area contributed by atoms with E-state index >= 15 is 0 Å². The first-order valence-electron chi connectivity index (χ1n) is 6.10. The Morgan fingerprint density at radius 1 is 1.39 bits per heavy atom. The topological polar surface area (TPSA) is 82.3 Å². The van der Waals surface area contributed by atoms with Crippen LogP contribution in [0, 0.1) is 0 Å². The van der Waals surface area contributed by atoms with Gasteiger partial charge in [-0.1, -0.05) is 0 Å². The highest BCUT2D eigenvalue weighted by molar-refractivity contribution is 5.38. The number of nitrogens with zero attached hydrogens (tertiary/aromatic N) is 2. The number of ether oxygens (including phenoxy) is 2. The van der Waals surface area contributed by atoms with E-state index < -0.39 is 0 Å². The Morgan fingerprint density at radius 2 is 2.17 bits per heavy atom. The first-order chi connectivity index (χ1) is 8.65. The Balaban J connectivity index is 2.64. The summed E-state index contributed by atoms with van der Waals surface area (Å²) < 4.78 is 10.6. The highest BCUT2D eigenvalue weighted by Crippen LogP contribution is 2.14. The summed E-state index contributed by atoms with van der Waals surface area (Å²) in [5.41, 5.74) is 5.56. The van der Waals surface area contributed by atoms with Crippen LogP contribution in [0.4, 0.5) is 5.82 Å². The fourth-order valence-corrected chi connectivity index (χ4v) is 1.53. The van der Waals surface area contributed by atoms with Gasteiger partial charge in [0.15, 0.2) is 0 Å². The van der Waals surface area contributed by atoms with Crippen LogP contribution in [0.25, 0.3) is 0 Å². The van der Waals surface area contributed by atoms with E-state index in [-0.39, 0.29) is 12.1 Å². The Kier molecular flexibility index (Phi) is 6.38. The van der Waals surface area contributed by atoms with Crippen LogP contribution in [-0.2, 0) is 4.74 Å². The van der Waals surface area contributed by atoms with E-state index in [1.54, 1.807) is 13.2 Å². The summed E-state index contributed by atoms with van der Waals surface area (Å²) in [6.07, 6.45) is 2.39. The average Bonchev–Trinajstić information content (AvgIpc) is 2.29. The van der Waals surface area contributed by atoms with Gasteiger partial charge in [-0.25, -0.2) is 9.97 Å². The Hall–Kier alpha value is -1.40. The summed E-state index contributed by atoms with van der Waals surface area (Å²) >= 11 is 0. The molecule has 0 bridgehead atoms. The molecule has 1 heterocycles. The van der Waals surface area contributed by atoms with Gasteiger partial charge in [-0.2, -0.15) is 0 Å². The summed E-state index contributed by atoms with van der Waals surface area (Å²) in [6.45, 7) is 5.09. The van der Waals surface area contributed by atoms with E-state index in [0.29, 0.717) is 19.0 Å². The molecule has 0 aliphatic carbocycles. The summed E-state index contributed by atoms with van der Waals surface area (Å²) in [6, 6.07) is 1.92. The Morgan fingerprint density at radius 3 is 2.78 bits per heavy atom. The number of hydrogen-bond donors (Lipinski definition) is 2. The molecule has 102 valence electrons. The lowest BCUT2D eigenvalue weighted by molar-refractivity contribution is 0.183. The van der Waals surface area contributed by atoms with Crippen molar-refractivity contribution in [3.63, 3.8) is 0 Å². The minimum absolute atomic E-state index is 0.0894. The molecule has 0 saturated heterocycles. The zero-order valence-corrected chi connectivity index (χ0v) is 11.2. The van der Waals surface area contributed by atoms with E-state index in [4.69, 9.17) is 15.2 Å². The molecule has 0 aromatic carbocycles. The van der Waals surface area contributed by atoms with Gasteiger partial charge >= 0.3 is 0 Å². The van der Waals surface area contributed by atoms with Crippen LogP contribution in [0.1, 0.15) is 20.3 Å². The second-order valence-electron chi connectivity index (χ2n) is 4.28. The van der Waals surface area contributed by atoms with Crippen LogP contribution in [0.3, 0.4) is 0 Å². The van der Waals surface area contributed by atoms with Crippen molar-refractivity contribution >= 4 is 5.82 Å². The first-order valence-corrected chi connectivity index (χ1v) is 6.10. The molecule has 1 rings (SSSR count). The first kappa shape index (κ1) is 14.7. The zero-order chi connectivity index (χ0) is 13.4. The third kappa shape index (κ3) is 5.29. The van der Waals surface area contributed by atoms with E-state index in [2.05, 4.69) is 15.3 Å². The van der Waals surface area contributed by atoms with Gasteiger partial charge in [0.2, 0.25) is 5.88 Å². The van der Waals surface area contributed by atoms with Gasteiger partial charge < -0.3 is 20.5 Å². The van der Waals surface area contributed by atoms with Gasteiger partial charge in [0.05, 0.1) is 18.8 Å². The van der Waals surface area contributed by atoms with Gasteiger partial charge in [-0.05, 0) is 26.8 Å². The fourth-order valence-electron chi connectivity index (χ4n) is 1.53. The number of methoxy groups -OCH3 is 1. The molecular weight excluding hydrogens is 232 g/mol. The molecule has 3 N–H and O–H groups in total. The highest BCUT2D eigenvalue weighted by Gasteiger charge is 2.09. The largest absolute Gasteiger partial charge is 0.475 e. The van der Waals surface area contributed by atoms with Crippen molar-refractivity contribution in [2.24, 2.45) is 5.73 Å². The van der Waals surface area contributed by atoms with Crippen molar-refractivity contribution in [2.75, 3.05) is 25.6 Å². The Labute approximate surface area is 108 Å². The van der Waals surface area contributed by atoms with Crippen molar-refractivity contribution in [3.05, 3.63) is 12.4 Å². The second-order valence-corrected chi connectivity index (χ2v) is 4.28. The zero-order valence-electron chi connectivity index (χ0n) is 11.2. The number of nitrogens with one attached hydrogen (secondary N) is 1. The molecule has 18 heavy (non-hydrogen) atoms. The van der Waals surface area contributed by atoms with Crippen molar-refractivity contribution in [3.8, 4) is 5.88 Å². The third-order valence-corrected chi connectivity index (χ3v) is 2.23. The van der Waals surface area contributed by atoms with E-state index in [9.17, 15) is 0 Å². The molecular formula is C12H22N4O2. The summed E-state index contributed by atoms with van der Waals surface area (Å²) in [7, 11) is 1.67. The van der Waals surface area contributed by atoms with Crippen LogP contribution in [-0.4, -0.2) is 42.4 Å². The predicted octanol–water partition coefficient (Wildman–Crippen LogP) is 1.04. The van der Waals surface area contributed by atoms with Gasteiger partial charge in [-0.15, -0.1) is 0 Å². The average molecular weight is 254 g/mol. The third-order valence-electron chi connectivity index (χ3n) is 2.23. The quantitative estimate of drug-likeness (QED) is 0.721. The maximum atomic E-state index is 5.56. The summed E-state index contributed by atoms with van der Waals surface area (Å²) in [5.74, 6) is 1.28. The number of nitrogens with two attached hydrogens (primary N) is 1. The Bertz CT molecular complexity index is 341. The molecule has 0 spiro atoms. The van der Waals surface area contributed by atoms with E-state index in [1.807, 2.05) is 13.8 Å². The lowest BCUT2D eigenvalue weighted by Gasteiger charge is -2.18. The highest BCUT2D eigenvalue weighted by atomic mass is 16.5. The maximum absolute atomic E-state index is 5.56. The van der Waals surface area contributed by atoms with Gasteiger partial charge in [0, 0.05) is 13.2 Å². The van der Waals surface area contributed by atoms with Crippen molar-refractivity contribution in [1.29, 1.82) is 0 Å². The van der Waals surface area contributed by atoms with E-state index in [0.717, 1.165) is 12.2 Å². The molecule has 1 atom stereocenters. The molecule has 1 unspecified atom stereocenters. The molecule has 0 aliphatic heterocycles. The van der Waals surface area contributed by atoms with E-state index in [1.165, 1.54) is 6.33 Å². The van der Waals surface area contributed by atoms with Crippen LogP contribution in [0.2, 0.25) is 0 Å². The van der Waals surface area contributed by atoms with Crippen molar-refractivity contribution in [2.45, 2.75) is 32.4 Å². The molecule has 0 aliphatic rings. The van der Waals surface area contributed by atoms with Crippen LogP contribution < -0.4 is 15.8 Å². The number of rotatable bonds is 8. The number of anilines is 1. The normalized spacial score (nSPS) is 12.5. The molecule has 0 saturated carbocycles. The van der Waals surface area contributed by atoms with Gasteiger partial charge in [-0.3, -0.25) is 0 Å². The lowest BCUT2D eigenvalue weighted by atomic mass is 10.2. The molecule has 1 aromatic heterocycles. The summed E-state index contributed by atoms with van der Waals surface area (Å²) in [5, 5.41) is 3.26. The minimum Gasteiger partial charge on any atom is -0.475 e. The van der Waals surface area contributed by atoms with Gasteiger partial charge in [0.25, 0.3) is 0 Å². The predicted molar refractivity (Wildman–Crippen MR) is 70.8 cm³/mol. The van der Waals surface area contributed by atoms with Crippen LogP contribution in [0.5, 0.6) is 5.88 Å². The summed E-state index contributed by atoms with van der Waals surface area (Å²) in [4.78, 5) is 8.20. The van der Waals surface area contributed by atoms with Gasteiger partial charge in [0.1, 0.15) is 12.1 Å². The molecule has 6 nitrogen and oxygen atoms in total. The van der Waals surface area contributed by atoms with Crippen molar-refractivity contribution < 1.29 is 9.47 Å². The fraction of sp³-hybridized carbons (Fsp3) is 0.667. The smallest absolute Gasteiger partial charge is 0.218 e. The second kappa shape index (κ2) is 7.84. The van der Waals surface area contributed by atoms with Crippen LogP contribution >= 0.6 is 0 Å². The molecule has 0 radical (unpaired) electrons. The minimum atomic E-state index is 0.0894. The SMILES string of the molecule is COCC(CCN)Nc1cc(OC(C)C)ncn1. The number of hydrogen-bond acceptors (Lipinski definition) is 6. The van der Waals surface area contributed by atoms with Crippen LogP contribution in [0.15, 0.2) is 12.4 Å². The molecule has 0 amide bonds. The lowest BCUT2D eigenvalue weighted by Crippen LogP contribution is -2.28.